The zero-order chi connectivity index (χ0) is 25.4. The number of nitrogens with two attached hydrogens (primary N) is 1. The van der Waals surface area contributed by atoms with Crippen molar-refractivity contribution in [3.63, 3.8) is 0 Å². The van der Waals surface area contributed by atoms with Crippen LogP contribution in [0.4, 0.5) is 36.4 Å². The van der Waals surface area contributed by atoms with E-state index >= 15 is 0 Å². The zero-order valence-corrected chi connectivity index (χ0v) is 20.5. The average molecular weight is 510 g/mol. The second-order valence-corrected chi connectivity index (χ2v) is 11.4. The third-order valence-electron chi connectivity index (χ3n) is 6.48. The Bertz CT molecular complexity index is 1100. The molecule has 12 heteroatoms. The van der Waals surface area contributed by atoms with E-state index in [-0.39, 0.29) is 29.0 Å². The first-order valence-electron chi connectivity index (χ1n) is 11.5. The Labute approximate surface area is 204 Å². The maximum atomic E-state index is 13.2. The molecule has 2 aromatic rings. The van der Waals surface area contributed by atoms with E-state index in [1.807, 2.05) is 18.7 Å². The highest BCUT2D eigenvalue weighted by Crippen LogP contribution is 2.36. The molecule has 35 heavy (non-hydrogen) atoms. The molecule has 0 aliphatic carbocycles. The standard InChI is InChI=1S/C23H30F3N7OS/c1-22(2,28)15-12-33(13-15)20-18(11-27)19(29-17-5-3-4-14(10-17)23(24,25)26)31-21(32-20)30-16-6-8-35(34)9-7-16/h3-5,10-11,15-16,27H,6-9,12-13,28H2,1-2H3,(H2,29,30,31,32). The highest BCUT2D eigenvalue weighted by atomic mass is 32.2. The van der Waals surface area contributed by atoms with Crippen molar-refractivity contribution in [2.24, 2.45) is 11.7 Å². The first-order valence-corrected chi connectivity index (χ1v) is 12.9. The molecule has 1 aromatic carbocycles. The summed E-state index contributed by atoms with van der Waals surface area (Å²) in [4.78, 5) is 11.2. The fraction of sp³-hybridized carbons (Fsp3) is 0.522. The number of hydrogen-bond donors (Lipinski definition) is 4. The lowest BCUT2D eigenvalue weighted by atomic mass is 9.82. The molecular weight excluding hydrogens is 479 g/mol. The van der Waals surface area contributed by atoms with Crippen molar-refractivity contribution in [2.75, 3.05) is 40.1 Å². The van der Waals surface area contributed by atoms with E-state index in [2.05, 4.69) is 20.6 Å². The molecule has 2 aliphatic heterocycles. The monoisotopic (exact) mass is 509 g/mol. The highest BCUT2D eigenvalue weighted by molar-refractivity contribution is 7.85. The van der Waals surface area contributed by atoms with Gasteiger partial charge in [-0.25, -0.2) is 0 Å². The van der Waals surface area contributed by atoms with E-state index in [0.29, 0.717) is 54.8 Å². The van der Waals surface area contributed by atoms with Gasteiger partial charge in [-0.1, -0.05) is 6.07 Å². The quantitative estimate of drug-likeness (QED) is 0.420. The van der Waals surface area contributed by atoms with Crippen LogP contribution in [-0.4, -0.2) is 56.6 Å². The number of benzene rings is 1. The minimum absolute atomic E-state index is 0.0416. The van der Waals surface area contributed by atoms with Crippen molar-refractivity contribution in [1.29, 1.82) is 5.41 Å². The summed E-state index contributed by atoms with van der Waals surface area (Å²) >= 11 is 0. The van der Waals surface area contributed by atoms with Gasteiger partial charge in [-0.2, -0.15) is 23.1 Å². The lowest BCUT2D eigenvalue weighted by molar-refractivity contribution is -0.137. The van der Waals surface area contributed by atoms with Crippen molar-refractivity contribution in [1.82, 2.24) is 9.97 Å². The summed E-state index contributed by atoms with van der Waals surface area (Å²) in [6.45, 7) is 5.22. The number of anilines is 4. The van der Waals surface area contributed by atoms with Crippen molar-refractivity contribution in [3.8, 4) is 0 Å². The van der Waals surface area contributed by atoms with Crippen LogP contribution in [0.25, 0.3) is 0 Å². The SMILES string of the molecule is CC(C)(N)C1CN(c2nc(NC3CCS(=O)CC3)nc(Nc3cccc(C(F)(F)F)c3)c2C=N)C1. The number of nitrogens with zero attached hydrogens (tertiary/aromatic N) is 3. The van der Waals surface area contributed by atoms with Crippen LogP contribution in [0.3, 0.4) is 0 Å². The number of alkyl halides is 3. The summed E-state index contributed by atoms with van der Waals surface area (Å²) in [7, 11) is -0.816. The maximum Gasteiger partial charge on any atom is 0.416 e. The molecule has 5 N–H and O–H groups in total. The number of halogens is 3. The number of rotatable bonds is 7. The predicted molar refractivity (Wildman–Crippen MR) is 133 cm³/mol. The topological polar surface area (TPSA) is 120 Å². The summed E-state index contributed by atoms with van der Waals surface area (Å²) in [6, 6.07) is 4.89. The molecular formula is C23H30F3N7OS. The van der Waals surface area contributed by atoms with Crippen molar-refractivity contribution >= 4 is 40.3 Å². The Kier molecular flexibility index (Phi) is 7.05. The van der Waals surface area contributed by atoms with E-state index in [9.17, 15) is 17.4 Å². The molecule has 0 unspecified atom stereocenters. The first kappa shape index (κ1) is 25.4. The van der Waals surface area contributed by atoms with Crippen molar-refractivity contribution in [2.45, 2.75) is 44.4 Å². The molecule has 2 saturated heterocycles. The van der Waals surface area contributed by atoms with E-state index in [1.54, 1.807) is 0 Å². The van der Waals surface area contributed by atoms with Gasteiger partial charge in [0.1, 0.15) is 11.6 Å². The van der Waals surface area contributed by atoms with Gasteiger partial charge in [0, 0.05) is 64.8 Å². The summed E-state index contributed by atoms with van der Waals surface area (Å²) in [5.41, 5.74) is 5.69. The minimum Gasteiger partial charge on any atom is -0.355 e. The van der Waals surface area contributed by atoms with Crippen LogP contribution in [0.2, 0.25) is 0 Å². The fourth-order valence-corrected chi connectivity index (χ4v) is 5.44. The molecule has 4 rings (SSSR count). The molecule has 0 saturated carbocycles. The third-order valence-corrected chi connectivity index (χ3v) is 7.86. The van der Waals surface area contributed by atoms with Gasteiger partial charge in [0.05, 0.1) is 11.1 Å². The zero-order valence-electron chi connectivity index (χ0n) is 19.7. The van der Waals surface area contributed by atoms with Crippen LogP contribution in [0.5, 0.6) is 0 Å². The Morgan fingerprint density at radius 1 is 1.20 bits per heavy atom. The van der Waals surface area contributed by atoms with Crippen molar-refractivity contribution in [3.05, 3.63) is 35.4 Å². The molecule has 3 heterocycles. The molecule has 0 radical (unpaired) electrons. The van der Waals surface area contributed by atoms with Gasteiger partial charge in [-0.05, 0) is 44.9 Å². The first-order chi connectivity index (χ1) is 16.4. The van der Waals surface area contributed by atoms with Crippen LogP contribution < -0.4 is 21.3 Å². The minimum atomic E-state index is -4.48. The van der Waals surface area contributed by atoms with Gasteiger partial charge in [0.2, 0.25) is 5.95 Å². The van der Waals surface area contributed by atoms with E-state index in [0.717, 1.165) is 18.3 Å². The highest BCUT2D eigenvalue weighted by Gasteiger charge is 2.38. The van der Waals surface area contributed by atoms with Crippen LogP contribution in [0, 0.1) is 11.3 Å². The molecule has 0 spiro atoms. The number of nitrogens with one attached hydrogen (secondary N) is 3. The Morgan fingerprint density at radius 2 is 1.89 bits per heavy atom. The summed E-state index contributed by atoms with van der Waals surface area (Å²) in [6.07, 6.45) is -1.95. The molecule has 0 bridgehead atoms. The summed E-state index contributed by atoms with van der Waals surface area (Å²) in [5.74, 6) is 2.50. The fourth-order valence-electron chi connectivity index (χ4n) is 4.14. The molecule has 8 nitrogen and oxygen atoms in total. The van der Waals surface area contributed by atoms with Gasteiger partial charge in [0.25, 0.3) is 0 Å². The van der Waals surface area contributed by atoms with E-state index < -0.39 is 22.5 Å². The average Bonchev–Trinajstić information content (AvgIpc) is 2.73. The van der Waals surface area contributed by atoms with E-state index in [1.165, 1.54) is 12.1 Å². The molecule has 0 atom stereocenters. The predicted octanol–water partition coefficient (Wildman–Crippen LogP) is 3.73. The molecule has 2 aliphatic rings. The largest absolute Gasteiger partial charge is 0.416 e. The van der Waals surface area contributed by atoms with Crippen LogP contribution >= 0.6 is 0 Å². The summed E-state index contributed by atoms with van der Waals surface area (Å²) < 4.78 is 51.4. The van der Waals surface area contributed by atoms with Crippen LogP contribution in [-0.2, 0) is 17.0 Å². The number of hydrogen-bond acceptors (Lipinski definition) is 8. The normalized spacial score (nSPS) is 21.4. The Morgan fingerprint density at radius 3 is 2.49 bits per heavy atom. The molecule has 2 fully saturated rings. The van der Waals surface area contributed by atoms with Gasteiger partial charge >= 0.3 is 6.18 Å². The number of aromatic nitrogens is 2. The molecule has 190 valence electrons. The Hall–Kier alpha value is -2.73. The smallest absolute Gasteiger partial charge is 0.355 e. The molecule has 0 amide bonds. The Balaban J connectivity index is 1.67. The van der Waals surface area contributed by atoms with Gasteiger partial charge in [0.15, 0.2) is 0 Å². The van der Waals surface area contributed by atoms with Gasteiger partial charge < -0.3 is 26.7 Å². The second-order valence-electron chi connectivity index (χ2n) is 9.67. The lowest BCUT2D eigenvalue weighted by Gasteiger charge is -2.47. The lowest BCUT2D eigenvalue weighted by Crippen LogP contribution is -2.59. The van der Waals surface area contributed by atoms with Gasteiger partial charge in [-0.15, -0.1) is 0 Å². The van der Waals surface area contributed by atoms with Crippen molar-refractivity contribution < 1.29 is 17.4 Å². The van der Waals surface area contributed by atoms with Gasteiger partial charge in [-0.3, -0.25) is 4.21 Å². The molecule has 1 aromatic heterocycles. The maximum absolute atomic E-state index is 13.2. The second kappa shape index (κ2) is 9.73. The van der Waals surface area contributed by atoms with Crippen LogP contribution in [0.15, 0.2) is 24.3 Å². The van der Waals surface area contributed by atoms with E-state index in [4.69, 9.17) is 11.1 Å². The third kappa shape index (κ3) is 5.92. The summed E-state index contributed by atoms with van der Waals surface area (Å²) in [5, 5.41) is 14.3. The van der Waals surface area contributed by atoms with Crippen LogP contribution in [0.1, 0.15) is 37.8 Å².